The van der Waals surface area contributed by atoms with Gasteiger partial charge in [0.2, 0.25) is 0 Å². The lowest BCUT2D eigenvalue weighted by Gasteiger charge is -2.08. The highest BCUT2D eigenvalue weighted by molar-refractivity contribution is 5.82. The number of aliphatic carboxylic acids is 1. The Hall–Kier alpha value is -2.30. The number of aromatic nitrogens is 1. The van der Waals surface area contributed by atoms with Crippen molar-refractivity contribution in [2.24, 2.45) is 0 Å². The number of carboxylic acid groups (broad SMARTS) is 1. The van der Waals surface area contributed by atoms with Crippen LogP contribution in [0, 0.1) is 0 Å². The largest absolute Gasteiger partial charge is 0.494 e. The van der Waals surface area contributed by atoms with Gasteiger partial charge in [0.1, 0.15) is 5.75 Å². The van der Waals surface area contributed by atoms with E-state index in [9.17, 15) is 9.59 Å². The van der Waals surface area contributed by atoms with Crippen molar-refractivity contribution in [3.05, 3.63) is 40.8 Å². The highest BCUT2D eigenvalue weighted by Gasteiger charge is 2.05. The van der Waals surface area contributed by atoms with Crippen LogP contribution in [0.15, 0.2) is 35.3 Å². The van der Waals surface area contributed by atoms with Gasteiger partial charge in [-0.1, -0.05) is 6.92 Å². The number of rotatable bonds is 7. The number of nitrogens with zero attached hydrogens (tertiary/aromatic N) is 1. The molecule has 0 amide bonds. The molecule has 1 aromatic carbocycles. The molecule has 0 saturated heterocycles. The topological polar surface area (TPSA) is 68.5 Å². The first-order chi connectivity index (χ1) is 10.1. The quantitative estimate of drug-likeness (QED) is 0.850. The van der Waals surface area contributed by atoms with E-state index in [0.717, 1.165) is 17.6 Å². The predicted molar refractivity (Wildman–Crippen MR) is 80.9 cm³/mol. The maximum atomic E-state index is 12.3. The fourth-order valence-corrected chi connectivity index (χ4v) is 2.15. The molecule has 5 heteroatoms. The van der Waals surface area contributed by atoms with Crippen molar-refractivity contribution >= 4 is 16.7 Å². The smallest absolute Gasteiger partial charge is 0.303 e. The summed E-state index contributed by atoms with van der Waals surface area (Å²) in [6, 6.07) is 7.27. The first kappa shape index (κ1) is 15.1. The first-order valence-electron chi connectivity index (χ1n) is 7.09. The normalized spacial score (nSPS) is 10.7. The van der Waals surface area contributed by atoms with Gasteiger partial charge < -0.3 is 14.4 Å². The molecule has 5 nitrogen and oxygen atoms in total. The Kier molecular flexibility index (Phi) is 4.98. The number of fused-ring (bicyclic) bond motifs is 1. The fourth-order valence-electron chi connectivity index (χ4n) is 2.15. The van der Waals surface area contributed by atoms with Crippen molar-refractivity contribution in [3.63, 3.8) is 0 Å². The minimum atomic E-state index is -0.846. The van der Waals surface area contributed by atoms with Gasteiger partial charge in [0.15, 0.2) is 0 Å². The Balaban J connectivity index is 2.22. The SMILES string of the molecule is CCCOc1ccc2c(=O)n(CCCC(=O)O)ccc2c1. The second-order valence-electron chi connectivity index (χ2n) is 4.91. The van der Waals surface area contributed by atoms with Crippen LogP contribution in [-0.4, -0.2) is 22.2 Å². The van der Waals surface area contributed by atoms with Gasteiger partial charge in [-0.2, -0.15) is 0 Å². The van der Waals surface area contributed by atoms with E-state index in [1.54, 1.807) is 22.9 Å². The van der Waals surface area contributed by atoms with Crippen molar-refractivity contribution < 1.29 is 14.6 Å². The lowest BCUT2D eigenvalue weighted by atomic mass is 10.1. The van der Waals surface area contributed by atoms with E-state index >= 15 is 0 Å². The number of aryl methyl sites for hydroxylation is 1. The van der Waals surface area contributed by atoms with E-state index in [2.05, 4.69) is 0 Å². The zero-order chi connectivity index (χ0) is 15.2. The molecule has 0 aliphatic rings. The van der Waals surface area contributed by atoms with Crippen LogP contribution in [0.4, 0.5) is 0 Å². The summed E-state index contributed by atoms with van der Waals surface area (Å²) in [5, 5.41) is 10.1. The molecule has 0 unspecified atom stereocenters. The van der Waals surface area contributed by atoms with E-state index in [0.29, 0.717) is 25.0 Å². The second-order valence-corrected chi connectivity index (χ2v) is 4.91. The molecule has 112 valence electrons. The van der Waals surface area contributed by atoms with E-state index in [1.807, 2.05) is 19.1 Å². The van der Waals surface area contributed by atoms with Crippen LogP contribution in [-0.2, 0) is 11.3 Å². The minimum Gasteiger partial charge on any atom is -0.494 e. The molecule has 0 atom stereocenters. The standard InChI is InChI=1S/C16H19NO4/c1-2-10-21-13-5-6-14-12(11-13)7-9-17(16(14)20)8-3-4-15(18)19/h5-7,9,11H,2-4,8,10H2,1H3,(H,18,19). The molecule has 0 radical (unpaired) electrons. The number of hydrogen-bond acceptors (Lipinski definition) is 3. The number of pyridine rings is 1. The Bertz CT molecular complexity index is 690. The molecule has 0 bridgehead atoms. The van der Waals surface area contributed by atoms with Crippen LogP contribution in [0.5, 0.6) is 5.75 Å². The van der Waals surface area contributed by atoms with Gasteiger partial charge in [0.05, 0.1) is 6.61 Å². The highest BCUT2D eigenvalue weighted by Crippen LogP contribution is 2.18. The Morgan fingerprint density at radius 1 is 1.33 bits per heavy atom. The van der Waals surface area contributed by atoms with Crippen LogP contribution in [0.2, 0.25) is 0 Å². The van der Waals surface area contributed by atoms with E-state index in [-0.39, 0.29) is 12.0 Å². The monoisotopic (exact) mass is 289 g/mol. The van der Waals surface area contributed by atoms with Gasteiger partial charge in [-0.3, -0.25) is 9.59 Å². The molecule has 21 heavy (non-hydrogen) atoms. The third-order valence-corrected chi connectivity index (χ3v) is 3.21. The first-order valence-corrected chi connectivity index (χ1v) is 7.09. The number of ether oxygens (including phenoxy) is 1. The van der Waals surface area contributed by atoms with Gasteiger partial charge in [-0.25, -0.2) is 0 Å². The average molecular weight is 289 g/mol. The van der Waals surface area contributed by atoms with E-state index in [4.69, 9.17) is 9.84 Å². The van der Waals surface area contributed by atoms with Crippen molar-refractivity contribution in [3.8, 4) is 5.75 Å². The average Bonchev–Trinajstić information content (AvgIpc) is 2.47. The summed E-state index contributed by atoms with van der Waals surface area (Å²) in [5.74, 6) is -0.0890. The van der Waals surface area contributed by atoms with Gasteiger partial charge >= 0.3 is 5.97 Å². The third kappa shape index (κ3) is 3.84. The van der Waals surface area contributed by atoms with Crippen molar-refractivity contribution in [2.45, 2.75) is 32.7 Å². The molecule has 0 fully saturated rings. The van der Waals surface area contributed by atoms with Crippen molar-refractivity contribution in [2.75, 3.05) is 6.61 Å². The number of hydrogen-bond donors (Lipinski definition) is 1. The number of benzene rings is 1. The second kappa shape index (κ2) is 6.92. The molecule has 0 spiro atoms. The summed E-state index contributed by atoms with van der Waals surface area (Å²) in [6.07, 6.45) is 3.14. The lowest BCUT2D eigenvalue weighted by molar-refractivity contribution is -0.137. The zero-order valence-corrected chi connectivity index (χ0v) is 12.0. The summed E-state index contributed by atoms with van der Waals surface area (Å²) >= 11 is 0. The fraction of sp³-hybridized carbons (Fsp3) is 0.375. The summed E-state index contributed by atoms with van der Waals surface area (Å²) in [4.78, 5) is 22.8. The van der Waals surface area contributed by atoms with E-state index < -0.39 is 5.97 Å². The van der Waals surface area contributed by atoms with Gasteiger partial charge in [-0.15, -0.1) is 0 Å². The van der Waals surface area contributed by atoms with Crippen molar-refractivity contribution in [1.82, 2.24) is 4.57 Å². The molecular weight excluding hydrogens is 270 g/mol. The summed E-state index contributed by atoms with van der Waals surface area (Å²) < 4.78 is 7.10. The lowest BCUT2D eigenvalue weighted by Crippen LogP contribution is -2.19. The number of carbonyl (C=O) groups is 1. The van der Waals surface area contributed by atoms with E-state index in [1.165, 1.54) is 0 Å². The highest BCUT2D eigenvalue weighted by atomic mass is 16.5. The van der Waals surface area contributed by atoms with Crippen LogP contribution in [0.1, 0.15) is 26.2 Å². The van der Waals surface area contributed by atoms with Crippen molar-refractivity contribution in [1.29, 1.82) is 0 Å². The molecule has 0 saturated carbocycles. The Morgan fingerprint density at radius 2 is 2.14 bits per heavy atom. The molecule has 2 rings (SSSR count). The van der Waals surface area contributed by atoms with Gasteiger partial charge in [0.25, 0.3) is 5.56 Å². The zero-order valence-electron chi connectivity index (χ0n) is 12.0. The summed E-state index contributed by atoms with van der Waals surface area (Å²) in [7, 11) is 0. The molecule has 1 heterocycles. The predicted octanol–water partition coefficient (Wildman–Crippen LogP) is 2.66. The molecule has 1 aromatic heterocycles. The third-order valence-electron chi connectivity index (χ3n) is 3.21. The molecule has 1 N–H and O–H groups in total. The van der Waals surface area contributed by atoms with Crippen LogP contribution in [0.3, 0.4) is 0 Å². The molecule has 2 aromatic rings. The maximum Gasteiger partial charge on any atom is 0.303 e. The molecule has 0 aliphatic carbocycles. The Labute approximate surface area is 122 Å². The van der Waals surface area contributed by atoms with Crippen LogP contribution < -0.4 is 10.3 Å². The summed E-state index contributed by atoms with van der Waals surface area (Å²) in [5.41, 5.74) is -0.0973. The number of carboxylic acids is 1. The minimum absolute atomic E-state index is 0.0638. The van der Waals surface area contributed by atoms with Gasteiger partial charge in [0, 0.05) is 24.5 Å². The summed E-state index contributed by atoms with van der Waals surface area (Å²) in [6.45, 7) is 3.10. The maximum absolute atomic E-state index is 12.3. The van der Waals surface area contributed by atoms with Crippen LogP contribution >= 0.6 is 0 Å². The van der Waals surface area contributed by atoms with Gasteiger partial charge in [-0.05, 0) is 42.5 Å². The Morgan fingerprint density at radius 3 is 2.86 bits per heavy atom. The van der Waals surface area contributed by atoms with Crippen LogP contribution in [0.25, 0.3) is 10.8 Å². The molecule has 0 aliphatic heterocycles. The molecular formula is C16H19NO4.